The van der Waals surface area contributed by atoms with Crippen molar-refractivity contribution in [3.05, 3.63) is 81.7 Å². The molecule has 0 saturated carbocycles. The average Bonchev–Trinajstić information content (AvgIpc) is 2.61. The molecule has 0 amide bonds. The van der Waals surface area contributed by atoms with Gasteiger partial charge in [-0.2, -0.15) is 0 Å². The van der Waals surface area contributed by atoms with Crippen molar-refractivity contribution >= 4 is 17.9 Å². The van der Waals surface area contributed by atoms with E-state index in [0.29, 0.717) is 0 Å². The number of benzene rings is 2. The van der Waals surface area contributed by atoms with Crippen LogP contribution in [0.15, 0.2) is 42.5 Å². The van der Waals surface area contributed by atoms with Crippen LogP contribution in [0.2, 0.25) is 0 Å². The van der Waals surface area contributed by atoms with Gasteiger partial charge in [0.15, 0.2) is 0 Å². The molecule has 0 spiro atoms. The molecule has 0 aliphatic heterocycles. The van der Waals surface area contributed by atoms with Crippen LogP contribution >= 0.6 is 0 Å². The van der Waals surface area contributed by atoms with Gasteiger partial charge in [0, 0.05) is 0 Å². The zero-order valence-electron chi connectivity index (χ0n) is 13.3. The third-order valence-corrected chi connectivity index (χ3v) is 3.23. The van der Waals surface area contributed by atoms with Gasteiger partial charge >= 0.3 is 39.0 Å². The Hall–Kier alpha value is -2.54. The molecule has 0 aliphatic rings. The van der Waals surface area contributed by atoms with Gasteiger partial charge in [0.25, 0.3) is 0 Å². The normalized spacial score (nSPS) is 9.31. The molecule has 26 heavy (non-hydrogen) atoms. The molecule has 0 fully saturated rings. The predicted octanol–water partition coefficient (Wildman–Crippen LogP) is 3.57. The third-order valence-electron chi connectivity index (χ3n) is 3.23. The summed E-state index contributed by atoms with van der Waals surface area (Å²) >= 11 is 0. The topological polar surface area (TPSA) is 160 Å². The van der Waals surface area contributed by atoms with Crippen molar-refractivity contribution in [2.24, 2.45) is 0 Å². The van der Waals surface area contributed by atoms with E-state index in [2.05, 4.69) is 0 Å². The second-order valence-corrected chi connectivity index (χ2v) is 4.80. The molecule has 0 radical (unpaired) electrons. The number of carboxylic acids is 3. The first-order valence-electron chi connectivity index (χ1n) is 7.01. The number of carboxylic acid groups (broad SMARTS) is 3. The Morgan fingerprint density at radius 1 is 0.731 bits per heavy atom. The molecule has 2 aromatic rings. The molecule has 0 atom stereocenters. The standard InChI is InChI=1S/C9H6O6.C8H10N2.Pt/c10-7(11)4-1-2-5(8(12)13)6(3-4)9(14)15;9-5-7-3-1-2-4-8(7)6-10;/h1-3H,(H,10,11)(H,12,13)(H,14,15);1-4,9-10H,5-6H2;/q;-2;+2. The average molecular weight is 539 g/mol. The smallest absolute Gasteiger partial charge is 0.674 e. The SMILES string of the molecule is O=C(O)c1ccc(C(=O)O)c(C(=O)O)c1.[NH-]Cc1ccccc1C[NH-].[Pt+2]. The summed E-state index contributed by atoms with van der Waals surface area (Å²) in [5.41, 5.74) is 14.9. The summed E-state index contributed by atoms with van der Waals surface area (Å²) in [7, 11) is 0. The van der Waals surface area contributed by atoms with Crippen molar-refractivity contribution < 1.29 is 50.8 Å². The summed E-state index contributed by atoms with van der Waals surface area (Å²) in [6.45, 7) is 0.574. The molecule has 0 unspecified atom stereocenters. The van der Waals surface area contributed by atoms with Crippen molar-refractivity contribution in [3.8, 4) is 0 Å². The predicted molar refractivity (Wildman–Crippen MR) is 89.8 cm³/mol. The summed E-state index contributed by atoms with van der Waals surface area (Å²) < 4.78 is 0. The third kappa shape index (κ3) is 6.40. The number of hydrogen-bond donors (Lipinski definition) is 3. The summed E-state index contributed by atoms with van der Waals surface area (Å²) in [5.74, 6) is -4.20. The largest absolute Gasteiger partial charge is 2.00 e. The Kier molecular flexibility index (Phi) is 10.1. The van der Waals surface area contributed by atoms with Crippen molar-refractivity contribution in [1.82, 2.24) is 0 Å². The van der Waals surface area contributed by atoms with Crippen LogP contribution in [0.1, 0.15) is 42.2 Å². The molecule has 5 N–H and O–H groups in total. The van der Waals surface area contributed by atoms with E-state index in [9.17, 15) is 14.4 Å². The molecule has 2 rings (SSSR count). The first-order chi connectivity index (χ1) is 11.8. The molecule has 8 nitrogen and oxygen atoms in total. The minimum atomic E-state index is -1.48. The van der Waals surface area contributed by atoms with E-state index < -0.39 is 29.0 Å². The summed E-state index contributed by atoms with van der Waals surface area (Å²) in [6.07, 6.45) is 0. The maximum Gasteiger partial charge on any atom is 2.00 e. The molecule has 140 valence electrons. The number of carbonyl (C=O) groups is 3. The summed E-state index contributed by atoms with van der Waals surface area (Å²) in [6, 6.07) is 10.4. The van der Waals surface area contributed by atoms with Crippen LogP contribution in [0.3, 0.4) is 0 Å². The first-order valence-corrected chi connectivity index (χ1v) is 7.01. The Balaban J connectivity index is 0.000000497. The van der Waals surface area contributed by atoms with Gasteiger partial charge in [-0.3, -0.25) is 0 Å². The van der Waals surface area contributed by atoms with Crippen LogP contribution < -0.4 is 0 Å². The summed E-state index contributed by atoms with van der Waals surface area (Å²) in [4.78, 5) is 31.8. The van der Waals surface area contributed by atoms with Crippen LogP contribution in [-0.2, 0) is 34.2 Å². The molecular weight excluding hydrogens is 523 g/mol. The molecule has 0 saturated heterocycles. The fraction of sp³-hybridized carbons (Fsp3) is 0.118. The van der Waals surface area contributed by atoms with Gasteiger partial charge in [0.05, 0.1) is 16.7 Å². The first kappa shape index (κ1) is 23.5. The molecule has 0 aliphatic carbocycles. The van der Waals surface area contributed by atoms with Gasteiger partial charge in [-0.05, 0) is 18.2 Å². The van der Waals surface area contributed by atoms with Crippen LogP contribution in [0, 0.1) is 0 Å². The molecule has 0 bridgehead atoms. The minimum Gasteiger partial charge on any atom is -0.674 e. The Morgan fingerprint density at radius 2 is 1.19 bits per heavy atom. The number of hydrogen-bond acceptors (Lipinski definition) is 3. The number of aromatic carboxylic acids is 3. The van der Waals surface area contributed by atoms with E-state index in [4.69, 9.17) is 26.8 Å². The van der Waals surface area contributed by atoms with Crippen LogP contribution in [0.25, 0.3) is 11.5 Å². The minimum absolute atomic E-state index is 0. The molecule has 9 heteroatoms. The summed E-state index contributed by atoms with van der Waals surface area (Å²) in [5, 5.41) is 25.9. The second-order valence-electron chi connectivity index (χ2n) is 4.80. The van der Waals surface area contributed by atoms with E-state index >= 15 is 0 Å². The van der Waals surface area contributed by atoms with E-state index in [1.54, 1.807) is 0 Å². The molecule has 0 aromatic heterocycles. The fourth-order valence-electron chi connectivity index (χ4n) is 1.94. The number of nitrogens with one attached hydrogen (secondary N) is 2. The van der Waals surface area contributed by atoms with Crippen molar-refractivity contribution in [2.45, 2.75) is 13.1 Å². The number of rotatable bonds is 5. The van der Waals surface area contributed by atoms with E-state index in [0.717, 1.165) is 29.3 Å². The van der Waals surface area contributed by atoms with Crippen molar-refractivity contribution in [2.75, 3.05) is 0 Å². The maximum atomic E-state index is 10.6. The Morgan fingerprint density at radius 3 is 1.54 bits per heavy atom. The van der Waals surface area contributed by atoms with E-state index in [-0.39, 0.29) is 39.7 Å². The van der Waals surface area contributed by atoms with Crippen LogP contribution in [0.5, 0.6) is 0 Å². The van der Waals surface area contributed by atoms with Crippen LogP contribution in [0.4, 0.5) is 0 Å². The van der Waals surface area contributed by atoms with E-state index in [1.807, 2.05) is 24.3 Å². The van der Waals surface area contributed by atoms with Gasteiger partial charge in [-0.15, -0.1) is 13.1 Å². The van der Waals surface area contributed by atoms with Crippen LogP contribution in [-0.4, -0.2) is 33.2 Å². The van der Waals surface area contributed by atoms with Crippen molar-refractivity contribution in [3.63, 3.8) is 0 Å². The Labute approximate surface area is 163 Å². The zero-order valence-corrected chi connectivity index (χ0v) is 15.6. The Bertz CT molecular complexity index is 772. The van der Waals surface area contributed by atoms with Gasteiger partial charge < -0.3 is 26.8 Å². The van der Waals surface area contributed by atoms with Gasteiger partial charge in [-0.1, -0.05) is 35.4 Å². The van der Waals surface area contributed by atoms with E-state index in [1.165, 1.54) is 0 Å². The monoisotopic (exact) mass is 539 g/mol. The quantitative estimate of drug-likeness (QED) is 0.527. The molecule has 0 heterocycles. The second kappa shape index (κ2) is 11.1. The van der Waals surface area contributed by atoms with Gasteiger partial charge in [0.1, 0.15) is 0 Å². The molecule has 2 aromatic carbocycles. The van der Waals surface area contributed by atoms with Gasteiger partial charge in [-0.25, -0.2) is 14.4 Å². The fourth-order valence-corrected chi connectivity index (χ4v) is 1.94. The molecular formula is C17H16N2O6Pt. The maximum absolute atomic E-state index is 10.6. The van der Waals surface area contributed by atoms with Gasteiger partial charge in [0.2, 0.25) is 0 Å². The zero-order chi connectivity index (χ0) is 19.0. The van der Waals surface area contributed by atoms with Crippen molar-refractivity contribution in [1.29, 1.82) is 0 Å².